The average molecular weight is 675 g/mol. The second kappa shape index (κ2) is 13.5. The number of hydrogen-bond acceptors (Lipinski definition) is 0. The molecule has 1 radical (unpaired) electrons. The molecule has 1 nitrogen and oxygen atoms in total. The van der Waals surface area contributed by atoms with Crippen LogP contribution >= 0.6 is 0 Å². The van der Waals surface area contributed by atoms with Crippen molar-refractivity contribution in [2.24, 2.45) is 0 Å². The molecule has 8 rings (SSSR count). The molecule has 1 atom stereocenters. The van der Waals surface area contributed by atoms with Crippen LogP contribution in [0, 0.1) is 6.92 Å². The molecule has 0 saturated heterocycles. The van der Waals surface area contributed by atoms with Gasteiger partial charge in [-0.15, -0.1) is 34.5 Å². The summed E-state index contributed by atoms with van der Waals surface area (Å²) in [6.07, 6.45) is 8.42. The number of benzene rings is 3. The molecule has 3 heterocycles. The summed E-state index contributed by atoms with van der Waals surface area (Å²) in [5.74, 6) is 0. The normalized spacial score (nSPS) is 15.5. The number of aryl methyl sites for hydroxylation is 2. The minimum absolute atomic E-state index is 0. The Hall–Kier alpha value is -2.03. The summed E-state index contributed by atoms with van der Waals surface area (Å²) < 4.78 is 2.29. The number of nitrogens with zero attached hydrogens (tertiary/aromatic N) is 1. The van der Waals surface area contributed by atoms with Crippen LogP contribution in [0.5, 0.6) is 0 Å². The van der Waals surface area contributed by atoms with E-state index >= 15 is 0 Å². The van der Waals surface area contributed by atoms with E-state index in [1.807, 2.05) is 0 Å². The Morgan fingerprint density at radius 3 is 2.17 bits per heavy atom. The Morgan fingerprint density at radius 2 is 1.54 bits per heavy atom. The van der Waals surface area contributed by atoms with Crippen molar-refractivity contribution in [3.05, 3.63) is 125 Å². The van der Waals surface area contributed by atoms with E-state index in [4.69, 9.17) is 0 Å². The zero-order valence-corrected chi connectivity index (χ0v) is 29.6. The topological polar surface area (TPSA) is 4.93 Å². The molecule has 0 saturated carbocycles. The van der Waals surface area contributed by atoms with Crippen molar-refractivity contribution in [3.63, 3.8) is 0 Å². The van der Waals surface area contributed by atoms with Gasteiger partial charge in [-0.2, -0.15) is 6.07 Å². The predicted octanol–water partition coefficient (Wildman–Crippen LogP) is 4.03. The van der Waals surface area contributed by atoms with Crippen LogP contribution in [0.1, 0.15) is 54.5 Å². The maximum absolute atomic E-state index is 2.51. The van der Waals surface area contributed by atoms with E-state index in [9.17, 15) is 0 Å². The van der Waals surface area contributed by atoms with Crippen LogP contribution in [0.2, 0.25) is 13.1 Å². The zero-order valence-electron chi connectivity index (χ0n) is 24.6. The first-order chi connectivity index (χ1) is 18.4. The van der Waals surface area contributed by atoms with Crippen molar-refractivity contribution in [1.29, 1.82) is 0 Å². The fraction of sp³-hybridized carbons (Fsp3) is 0.250. The molecule has 2 aliphatic heterocycles. The molecule has 41 heavy (non-hydrogen) atoms. The summed E-state index contributed by atoms with van der Waals surface area (Å²) in [4.78, 5) is 0. The second-order valence-corrected chi connectivity index (χ2v) is 16.2. The Balaban J connectivity index is 0.000000211. The van der Waals surface area contributed by atoms with Gasteiger partial charge in [0.15, 0.2) is 0 Å². The first-order valence-electron chi connectivity index (χ1n) is 14.1. The molecule has 0 fully saturated rings. The molecule has 3 aliphatic rings. The largest absolute Gasteiger partial charge is 3.00 e. The van der Waals surface area contributed by atoms with E-state index in [2.05, 4.69) is 136 Å². The van der Waals surface area contributed by atoms with E-state index in [0.29, 0.717) is 0 Å². The third-order valence-corrected chi connectivity index (χ3v) is 12.8. The number of hydrogen-bond donors (Lipinski definition) is 0. The minimum Gasteiger partial charge on any atom is -1.00 e. The molecule has 0 amide bonds. The molecule has 5 heteroatoms. The number of aromatic nitrogens is 1. The van der Waals surface area contributed by atoms with Crippen LogP contribution < -0.4 is 24.8 Å². The van der Waals surface area contributed by atoms with Crippen LogP contribution in [0.4, 0.5) is 0 Å². The molecule has 209 valence electrons. The molecular formula is C36H38Cl2NSiZr. The van der Waals surface area contributed by atoms with Gasteiger partial charge in [0.1, 0.15) is 0 Å². The van der Waals surface area contributed by atoms with Gasteiger partial charge in [-0.05, 0) is 54.2 Å². The number of rotatable bonds is 5. The third-order valence-electron chi connectivity index (χ3n) is 8.66. The van der Waals surface area contributed by atoms with Crippen LogP contribution in [-0.4, -0.2) is 12.6 Å². The molecule has 5 aromatic rings. The predicted molar refractivity (Wildman–Crippen MR) is 167 cm³/mol. The van der Waals surface area contributed by atoms with E-state index in [0.717, 1.165) is 5.54 Å². The maximum atomic E-state index is 2.51. The van der Waals surface area contributed by atoms with Crippen LogP contribution in [0.15, 0.2) is 103 Å². The van der Waals surface area contributed by atoms with Crippen molar-refractivity contribution in [3.8, 4) is 16.8 Å². The monoisotopic (exact) mass is 672 g/mol. The summed E-state index contributed by atoms with van der Waals surface area (Å²) in [6.45, 7) is 11.7. The molecule has 2 bridgehead atoms. The van der Waals surface area contributed by atoms with Crippen molar-refractivity contribution in [2.75, 3.05) is 0 Å². The van der Waals surface area contributed by atoms with Crippen LogP contribution in [0.3, 0.4) is 0 Å². The number of para-hydroxylation sites is 1. The Bertz CT molecular complexity index is 1640. The van der Waals surface area contributed by atoms with Crippen LogP contribution in [0.25, 0.3) is 32.8 Å². The molecule has 0 spiro atoms. The van der Waals surface area contributed by atoms with E-state index in [-0.39, 0.29) is 51.0 Å². The summed E-state index contributed by atoms with van der Waals surface area (Å²) in [7, 11) is -1.12. The van der Waals surface area contributed by atoms with Crippen molar-refractivity contribution >= 4 is 24.0 Å². The summed E-state index contributed by atoms with van der Waals surface area (Å²) in [6, 6.07) is 30.8. The van der Waals surface area contributed by atoms with Crippen molar-refractivity contribution < 1.29 is 51.0 Å². The van der Waals surface area contributed by atoms with Gasteiger partial charge < -0.3 is 29.4 Å². The summed E-state index contributed by atoms with van der Waals surface area (Å²) in [5, 5.41) is 4.43. The first-order valence-corrected chi connectivity index (χ1v) is 17.2. The van der Waals surface area contributed by atoms with E-state index < -0.39 is 8.07 Å². The summed E-state index contributed by atoms with van der Waals surface area (Å²) >= 11 is 0. The molecule has 4 aromatic carbocycles. The average Bonchev–Trinajstić information content (AvgIpc) is 3.63. The van der Waals surface area contributed by atoms with E-state index in [1.165, 1.54) is 63.5 Å². The fourth-order valence-corrected chi connectivity index (χ4v) is 11.3. The van der Waals surface area contributed by atoms with Crippen molar-refractivity contribution in [1.82, 2.24) is 4.57 Å². The molecule has 1 aliphatic carbocycles. The van der Waals surface area contributed by atoms with Gasteiger partial charge in [0.05, 0.1) is 8.07 Å². The first kappa shape index (κ1) is 33.5. The number of allylic oxidation sites excluding steroid dienone is 1. The standard InChI is InChI=1S/C20H21.C16H17NSi.2ClH.Zr/c1-3-4-6-16-9-11-17(12-10-16)19-8-5-7-18-13-15(2)14-20(18)19;1-11-15-13-9-17(12-7-5-4-6-8-12)10-14(13)16(11)18(15,2)3;;;/h5,7-14H,3-4,6H2,1-2H3;4-10,15H,1-3H3;2*1H;/q-1;;;;+3/p-2. The van der Waals surface area contributed by atoms with Gasteiger partial charge in [-0.25, -0.2) is 0 Å². The fourth-order valence-electron chi connectivity index (χ4n) is 6.97. The number of halogens is 2. The van der Waals surface area contributed by atoms with Crippen LogP contribution in [-0.2, 0) is 32.6 Å². The van der Waals surface area contributed by atoms with Gasteiger partial charge >= 0.3 is 26.2 Å². The Kier molecular flexibility index (Phi) is 11.0. The quantitative estimate of drug-likeness (QED) is 0.196. The van der Waals surface area contributed by atoms with E-state index in [1.54, 1.807) is 16.3 Å². The molecule has 1 aromatic heterocycles. The van der Waals surface area contributed by atoms with Gasteiger partial charge in [0.25, 0.3) is 0 Å². The molecular weight excluding hydrogens is 637 g/mol. The number of fused-ring (bicyclic) bond motifs is 1. The zero-order chi connectivity index (χ0) is 26.4. The maximum Gasteiger partial charge on any atom is 3.00 e. The summed E-state index contributed by atoms with van der Waals surface area (Å²) in [5.41, 5.74) is 12.3. The minimum atomic E-state index is -1.12. The third kappa shape index (κ3) is 6.07. The smallest absolute Gasteiger partial charge is 1.00 e. The Morgan fingerprint density at radius 1 is 0.829 bits per heavy atom. The molecule has 0 N–H and O–H groups in total. The van der Waals surface area contributed by atoms with Gasteiger partial charge in [0, 0.05) is 23.6 Å². The van der Waals surface area contributed by atoms with Gasteiger partial charge in [0.2, 0.25) is 0 Å². The van der Waals surface area contributed by atoms with Gasteiger partial charge in [-0.1, -0.05) is 98.2 Å². The number of unbranched alkanes of at least 4 members (excludes halogenated alkanes) is 1. The SMILES string of the molecule is CC1=C2c3cn(-c4ccccc4)cc3C1[Si]2(C)C.CCCCc1ccc(-c2cccc3[cH-]c(C)cc23)cc1.[Cl-].[Cl-].[Zr+3]. The second-order valence-electron chi connectivity index (χ2n) is 11.7. The Labute approximate surface area is 278 Å². The van der Waals surface area contributed by atoms with Gasteiger partial charge in [-0.3, -0.25) is 0 Å². The van der Waals surface area contributed by atoms with Crippen molar-refractivity contribution in [2.45, 2.75) is 58.7 Å². The molecule has 1 unspecified atom stereocenters.